The monoisotopic (exact) mass is 233 g/mol. The van der Waals surface area contributed by atoms with Gasteiger partial charge in [-0.05, 0) is 0 Å². The Balaban J connectivity index is 2.41. The Morgan fingerprint density at radius 2 is 2.43 bits per heavy atom. The summed E-state index contributed by atoms with van der Waals surface area (Å²) in [4.78, 5) is 10.9. The third-order valence-electron chi connectivity index (χ3n) is 1.36. The minimum Gasteiger partial charge on any atom is -0.374 e. The van der Waals surface area contributed by atoms with E-state index < -0.39 is 0 Å². The largest absolute Gasteiger partial charge is 0.374 e. The molecule has 0 aliphatic heterocycles. The molecule has 78 valence electrons. The van der Waals surface area contributed by atoms with E-state index in [1.807, 2.05) is 6.92 Å². The van der Waals surface area contributed by atoms with Gasteiger partial charge in [-0.15, -0.1) is 10.2 Å². The molecule has 1 aromatic rings. The highest BCUT2D eigenvalue weighted by molar-refractivity contribution is 8.01. The third kappa shape index (κ3) is 3.48. The highest BCUT2D eigenvalue weighted by Crippen LogP contribution is 2.28. The summed E-state index contributed by atoms with van der Waals surface area (Å²) < 4.78 is 0.764. The maximum Gasteiger partial charge on any atom is 0.234 e. The van der Waals surface area contributed by atoms with Gasteiger partial charge in [-0.1, -0.05) is 30.0 Å². The molecule has 1 aromatic heterocycles. The number of nitrogen functional groups attached to an aromatic ring is 1. The molecule has 0 spiro atoms. The number of hydrazine groups is 1. The summed E-state index contributed by atoms with van der Waals surface area (Å²) in [5.74, 6) is 4.77. The summed E-state index contributed by atoms with van der Waals surface area (Å²) in [5.41, 5.74) is 7.49. The Morgan fingerprint density at radius 3 is 2.93 bits per heavy atom. The van der Waals surface area contributed by atoms with Crippen LogP contribution in [-0.2, 0) is 4.79 Å². The van der Waals surface area contributed by atoms with E-state index in [9.17, 15) is 4.79 Å². The molecule has 0 saturated heterocycles. The van der Waals surface area contributed by atoms with Gasteiger partial charge in [0, 0.05) is 11.7 Å². The zero-order valence-corrected chi connectivity index (χ0v) is 9.19. The SMILES string of the molecule is CC(CC(=O)NN)Sc1nnc(N)s1. The normalized spacial score (nSPS) is 12.4. The van der Waals surface area contributed by atoms with Crippen LogP contribution in [-0.4, -0.2) is 21.4 Å². The van der Waals surface area contributed by atoms with Crippen LogP contribution in [0.15, 0.2) is 4.34 Å². The third-order valence-corrected chi connectivity index (χ3v) is 3.30. The Morgan fingerprint density at radius 1 is 1.71 bits per heavy atom. The molecular weight excluding hydrogens is 222 g/mol. The highest BCUT2D eigenvalue weighted by atomic mass is 32.2. The maximum atomic E-state index is 10.9. The van der Waals surface area contributed by atoms with Crippen LogP contribution in [0.1, 0.15) is 13.3 Å². The minimum atomic E-state index is -0.192. The minimum absolute atomic E-state index is 0.103. The number of nitrogens with one attached hydrogen (secondary N) is 1. The Bertz CT molecular complexity index is 315. The average Bonchev–Trinajstić information content (AvgIpc) is 2.50. The quantitative estimate of drug-likeness (QED) is 0.292. The van der Waals surface area contributed by atoms with Crippen LogP contribution in [0.5, 0.6) is 0 Å². The number of nitrogens with zero attached hydrogens (tertiary/aromatic N) is 2. The van der Waals surface area contributed by atoms with E-state index in [1.165, 1.54) is 23.1 Å². The van der Waals surface area contributed by atoms with Crippen LogP contribution in [0.25, 0.3) is 0 Å². The molecule has 0 aromatic carbocycles. The second kappa shape index (κ2) is 5.13. The van der Waals surface area contributed by atoms with Crippen LogP contribution >= 0.6 is 23.1 Å². The lowest BCUT2D eigenvalue weighted by atomic mass is 10.3. The maximum absolute atomic E-state index is 10.9. The first kappa shape index (κ1) is 11.2. The molecule has 0 aliphatic rings. The van der Waals surface area contributed by atoms with E-state index >= 15 is 0 Å². The fraction of sp³-hybridized carbons (Fsp3) is 0.500. The number of amides is 1. The summed E-state index contributed by atoms with van der Waals surface area (Å²) in [5, 5.41) is 8.04. The molecular formula is C6H11N5OS2. The van der Waals surface area contributed by atoms with E-state index in [1.54, 1.807) is 0 Å². The van der Waals surface area contributed by atoms with Gasteiger partial charge in [0.15, 0.2) is 4.34 Å². The molecule has 0 saturated carbocycles. The summed E-state index contributed by atoms with van der Waals surface area (Å²) in [6.07, 6.45) is 0.348. The van der Waals surface area contributed by atoms with E-state index in [2.05, 4.69) is 15.6 Å². The first-order chi connectivity index (χ1) is 6.61. The first-order valence-corrected chi connectivity index (χ1v) is 5.56. The molecule has 0 aliphatic carbocycles. The van der Waals surface area contributed by atoms with E-state index in [4.69, 9.17) is 11.6 Å². The van der Waals surface area contributed by atoms with E-state index in [0.29, 0.717) is 11.6 Å². The van der Waals surface area contributed by atoms with Crippen molar-refractivity contribution >= 4 is 34.1 Å². The second-order valence-electron chi connectivity index (χ2n) is 2.61. The van der Waals surface area contributed by atoms with Crippen molar-refractivity contribution in [1.82, 2.24) is 15.6 Å². The summed E-state index contributed by atoms with van der Waals surface area (Å²) >= 11 is 2.76. The van der Waals surface area contributed by atoms with Gasteiger partial charge in [0.25, 0.3) is 0 Å². The number of hydrogen-bond donors (Lipinski definition) is 3. The zero-order valence-electron chi connectivity index (χ0n) is 7.56. The van der Waals surface area contributed by atoms with Crippen molar-refractivity contribution in [3.8, 4) is 0 Å². The van der Waals surface area contributed by atoms with Crippen LogP contribution in [0.2, 0.25) is 0 Å². The lowest BCUT2D eigenvalue weighted by Gasteiger charge is -2.06. The van der Waals surface area contributed by atoms with Crippen molar-refractivity contribution < 1.29 is 4.79 Å². The zero-order chi connectivity index (χ0) is 10.6. The van der Waals surface area contributed by atoms with Crippen LogP contribution in [0, 0.1) is 0 Å². The van der Waals surface area contributed by atoms with Crippen LogP contribution in [0.4, 0.5) is 5.13 Å². The summed E-state index contributed by atoms with van der Waals surface area (Å²) in [7, 11) is 0. The van der Waals surface area contributed by atoms with Gasteiger partial charge in [-0.3, -0.25) is 10.2 Å². The van der Waals surface area contributed by atoms with Gasteiger partial charge in [0.2, 0.25) is 11.0 Å². The number of rotatable bonds is 4. The van der Waals surface area contributed by atoms with Gasteiger partial charge < -0.3 is 5.73 Å². The molecule has 1 amide bonds. The summed E-state index contributed by atoms with van der Waals surface area (Å²) in [6.45, 7) is 1.91. The number of anilines is 1. The smallest absolute Gasteiger partial charge is 0.234 e. The fourth-order valence-electron chi connectivity index (χ4n) is 0.802. The van der Waals surface area contributed by atoms with Gasteiger partial charge in [0.1, 0.15) is 0 Å². The molecule has 8 heteroatoms. The van der Waals surface area contributed by atoms with Crippen LogP contribution in [0.3, 0.4) is 0 Å². The molecule has 5 N–H and O–H groups in total. The second-order valence-corrected chi connectivity index (χ2v) is 5.30. The highest BCUT2D eigenvalue weighted by Gasteiger charge is 2.12. The van der Waals surface area contributed by atoms with E-state index in [-0.39, 0.29) is 11.2 Å². The van der Waals surface area contributed by atoms with Crippen molar-refractivity contribution in [2.75, 3.05) is 5.73 Å². The molecule has 1 unspecified atom stereocenters. The van der Waals surface area contributed by atoms with Crippen molar-refractivity contribution in [2.45, 2.75) is 22.9 Å². The molecule has 6 nitrogen and oxygen atoms in total. The average molecular weight is 233 g/mol. The summed E-state index contributed by atoms with van der Waals surface area (Å²) in [6, 6.07) is 0. The van der Waals surface area contributed by atoms with Crippen molar-refractivity contribution in [3.05, 3.63) is 0 Å². The molecule has 0 fully saturated rings. The number of nitrogens with two attached hydrogens (primary N) is 2. The Labute approximate surface area is 89.4 Å². The Hall–Kier alpha value is -0.860. The standard InChI is InChI=1S/C6H11N5OS2/c1-3(2-4(12)9-8)13-6-11-10-5(7)14-6/h3H,2,8H2,1H3,(H2,7,10)(H,9,12). The van der Waals surface area contributed by atoms with Crippen molar-refractivity contribution in [3.63, 3.8) is 0 Å². The van der Waals surface area contributed by atoms with E-state index in [0.717, 1.165) is 4.34 Å². The van der Waals surface area contributed by atoms with Gasteiger partial charge in [-0.25, -0.2) is 5.84 Å². The lowest BCUT2D eigenvalue weighted by Crippen LogP contribution is -2.31. The number of carbonyl (C=O) groups is 1. The Kier molecular flexibility index (Phi) is 4.11. The molecule has 1 heterocycles. The van der Waals surface area contributed by atoms with Crippen LogP contribution < -0.4 is 17.0 Å². The molecule has 0 radical (unpaired) electrons. The van der Waals surface area contributed by atoms with Crippen molar-refractivity contribution in [2.24, 2.45) is 5.84 Å². The number of thioether (sulfide) groups is 1. The van der Waals surface area contributed by atoms with Gasteiger partial charge in [-0.2, -0.15) is 0 Å². The topological polar surface area (TPSA) is 107 Å². The van der Waals surface area contributed by atoms with Gasteiger partial charge in [0.05, 0.1) is 0 Å². The number of aromatic nitrogens is 2. The molecule has 1 atom stereocenters. The molecule has 14 heavy (non-hydrogen) atoms. The predicted molar refractivity (Wildman–Crippen MR) is 56.6 cm³/mol. The molecule has 0 bridgehead atoms. The van der Waals surface area contributed by atoms with Crippen molar-refractivity contribution in [1.29, 1.82) is 0 Å². The lowest BCUT2D eigenvalue weighted by molar-refractivity contribution is -0.121. The first-order valence-electron chi connectivity index (χ1n) is 3.87. The van der Waals surface area contributed by atoms with Gasteiger partial charge >= 0.3 is 0 Å². The fourth-order valence-corrected chi connectivity index (χ4v) is 2.75. The molecule has 1 rings (SSSR count). The predicted octanol–water partition coefficient (Wildman–Crippen LogP) is -0.0191. The number of hydrogen-bond acceptors (Lipinski definition) is 7. The number of carbonyl (C=O) groups excluding carboxylic acids is 1.